The van der Waals surface area contributed by atoms with E-state index in [-0.39, 0.29) is 24.2 Å². The maximum absolute atomic E-state index is 12.1. The third-order valence-corrected chi connectivity index (χ3v) is 4.81. The summed E-state index contributed by atoms with van der Waals surface area (Å²) in [6, 6.07) is 4.14. The molecule has 3 rings (SSSR count). The molecule has 0 aromatic carbocycles. The summed E-state index contributed by atoms with van der Waals surface area (Å²) in [6.07, 6.45) is 3.76. The van der Waals surface area contributed by atoms with E-state index in [1.54, 1.807) is 0 Å². The van der Waals surface area contributed by atoms with Gasteiger partial charge in [-0.3, -0.25) is 4.79 Å². The number of nitrogens with zero attached hydrogens (tertiary/aromatic N) is 3. The average Bonchev–Trinajstić information content (AvgIpc) is 2.61. The summed E-state index contributed by atoms with van der Waals surface area (Å²) >= 11 is 0. The third-order valence-electron chi connectivity index (χ3n) is 4.81. The molecule has 0 spiro atoms. The minimum absolute atomic E-state index is 0. The van der Waals surface area contributed by atoms with Gasteiger partial charge in [0.25, 0.3) is 0 Å². The number of hydrogen-bond donors (Lipinski definition) is 2. The zero-order valence-corrected chi connectivity index (χ0v) is 15.1. The van der Waals surface area contributed by atoms with Crippen LogP contribution in [0.4, 0.5) is 5.82 Å². The van der Waals surface area contributed by atoms with Crippen molar-refractivity contribution in [3.05, 3.63) is 23.9 Å². The Kier molecular flexibility index (Phi) is 7.27. The van der Waals surface area contributed by atoms with Gasteiger partial charge in [-0.25, -0.2) is 4.98 Å². The number of likely N-dealkylation sites (N-methyl/N-ethyl adjacent to an activating group) is 1. The van der Waals surface area contributed by atoms with Crippen LogP contribution >= 0.6 is 12.4 Å². The summed E-state index contributed by atoms with van der Waals surface area (Å²) in [5.74, 6) is 1.37. The summed E-state index contributed by atoms with van der Waals surface area (Å²) in [5.41, 5.74) is 1.06. The molecule has 7 heteroatoms. The second-order valence-electron chi connectivity index (χ2n) is 6.56. The van der Waals surface area contributed by atoms with Crippen LogP contribution in [-0.2, 0) is 11.3 Å². The Balaban J connectivity index is 0.00000208. The molecule has 0 saturated carbocycles. The van der Waals surface area contributed by atoms with E-state index in [1.165, 1.54) is 0 Å². The second kappa shape index (κ2) is 9.20. The molecular formula is C17H28ClN5O. The number of carbonyl (C=O) groups is 1. The summed E-state index contributed by atoms with van der Waals surface area (Å²) < 4.78 is 0. The van der Waals surface area contributed by atoms with Gasteiger partial charge < -0.3 is 20.4 Å². The van der Waals surface area contributed by atoms with Gasteiger partial charge >= 0.3 is 0 Å². The molecule has 2 N–H and O–H groups in total. The second-order valence-corrected chi connectivity index (χ2v) is 6.56. The molecular weight excluding hydrogens is 326 g/mol. The molecule has 0 atom stereocenters. The first kappa shape index (κ1) is 19.0. The van der Waals surface area contributed by atoms with Gasteiger partial charge in [0.2, 0.25) is 5.91 Å². The molecule has 2 aliphatic rings. The molecule has 2 aliphatic heterocycles. The smallest absolute Gasteiger partial charge is 0.223 e. The van der Waals surface area contributed by atoms with Gasteiger partial charge in [0.1, 0.15) is 5.82 Å². The summed E-state index contributed by atoms with van der Waals surface area (Å²) in [4.78, 5) is 21.4. The summed E-state index contributed by atoms with van der Waals surface area (Å²) in [6.45, 7) is 6.66. The highest BCUT2D eigenvalue weighted by molar-refractivity contribution is 5.85. The third kappa shape index (κ3) is 5.06. The molecule has 0 aliphatic carbocycles. The Bertz CT molecular complexity index is 510. The van der Waals surface area contributed by atoms with Crippen molar-refractivity contribution in [1.29, 1.82) is 0 Å². The number of pyridine rings is 1. The Hall–Kier alpha value is -1.37. The Morgan fingerprint density at radius 2 is 1.96 bits per heavy atom. The number of amides is 1. The van der Waals surface area contributed by atoms with Crippen LogP contribution in [0.2, 0.25) is 0 Å². The molecule has 1 amide bonds. The highest BCUT2D eigenvalue weighted by atomic mass is 35.5. The molecule has 1 aromatic rings. The summed E-state index contributed by atoms with van der Waals surface area (Å²) in [5, 5.41) is 6.33. The number of aromatic nitrogens is 1. The molecule has 2 saturated heterocycles. The predicted octanol–water partition coefficient (Wildman–Crippen LogP) is 0.871. The molecule has 3 heterocycles. The quantitative estimate of drug-likeness (QED) is 0.841. The Morgan fingerprint density at radius 1 is 1.25 bits per heavy atom. The van der Waals surface area contributed by atoms with Crippen molar-refractivity contribution >= 4 is 24.1 Å². The van der Waals surface area contributed by atoms with E-state index in [2.05, 4.69) is 44.6 Å². The lowest BCUT2D eigenvalue weighted by Gasteiger charge is -2.33. The fourth-order valence-electron chi connectivity index (χ4n) is 3.16. The van der Waals surface area contributed by atoms with Gasteiger partial charge in [-0.15, -0.1) is 12.4 Å². The van der Waals surface area contributed by atoms with Gasteiger partial charge in [0.15, 0.2) is 0 Å². The molecule has 2 fully saturated rings. The lowest BCUT2D eigenvalue weighted by atomic mass is 9.97. The SMILES string of the molecule is CN1CCN(c2ccc(CNC(=O)C3CCNCC3)cn2)CC1.Cl. The highest BCUT2D eigenvalue weighted by Crippen LogP contribution is 2.14. The monoisotopic (exact) mass is 353 g/mol. The van der Waals surface area contributed by atoms with Crippen molar-refractivity contribution in [3.63, 3.8) is 0 Å². The number of hydrogen-bond acceptors (Lipinski definition) is 5. The highest BCUT2D eigenvalue weighted by Gasteiger charge is 2.20. The van der Waals surface area contributed by atoms with Crippen molar-refractivity contribution in [2.24, 2.45) is 5.92 Å². The van der Waals surface area contributed by atoms with Crippen LogP contribution in [0.15, 0.2) is 18.3 Å². The minimum atomic E-state index is 0. The van der Waals surface area contributed by atoms with E-state index >= 15 is 0 Å². The lowest BCUT2D eigenvalue weighted by Crippen LogP contribution is -2.44. The maximum Gasteiger partial charge on any atom is 0.223 e. The van der Waals surface area contributed by atoms with Gasteiger partial charge in [-0.05, 0) is 44.6 Å². The number of nitrogens with one attached hydrogen (secondary N) is 2. The normalized spacial score (nSPS) is 19.6. The fourth-order valence-corrected chi connectivity index (χ4v) is 3.16. The zero-order chi connectivity index (χ0) is 16.1. The van der Waals surface area contributed by atoms with Gasteiger partial charge in [-0.2, -0.15) is 0 Å². The number of carbonyl (C=O) groups excluding carboxylic acids is 1. The number of piperidine rings is 1. The molecule has 1 aromatic heterocycles. The van der Waals surface area contributed by atoms with Crippen LogP contribution in [0.1, 0.15) is 18.4 Å². The van der Waals surface area contributed by atoms with E-state index in [4.69, 9.17) is 0 Å². The standard InChI is InChI=1S/C17H27N5O.ClH/c1-21-8-10-22(11-9-21)16-3-2-14(12-19-16)13-20-17(23)15-4-6-18-7-5-15;/h2-3,12,15,18H,4-11,13H2,1H3,(H,20,23);1H. The fraction of sp³-hybridized carbons (Fsp3) is 0.647. The van der Waals surface area contributed by atoms with E-state index < -0.39 is 0 Å². The Morgan fingerprint density at radius 3 is 2.58 bits per heavy atom. The first-order chi connectivity index (χ1) is 11.2. The Labute approximate surface area is 150 Å². The van der Waals surface area contributed by atoms with Crippen LogP contribution in [0.3, 0.4) is 0 Å². The minimum Gasteiger partial charge on any atom is -0.354 e. The first-order valence-corrected chi connectivity index (χ1v) is 8.59. The largest absolute Gasteiger partial charge is 0.354 e. The van der Waals surface area contributed by atoms with Crippen LogP contribution < -0.4 is 15.5 Å². The van der Waals surface area contributed by atoms with Crippen molar-refractivity contribution in [2.45, 2.75) is 19.4 Å². The van der Waals surface area contributed by atoms with Crippen LogP contribution in [0.25, 0.3) is 0 Å². The van der Waals surface area contributed by atoms with Crippen LogP contribution in [-0.4, -0.2) is 62.1 Å². The van der Waals surface area contributed by atoms with Crippen molar-refractivity contribution in [3.8, 4) is 0 Å². The molecule has 0 radical (unpaired) electrons. The van der Waals surface area contributed by atoms with Crippen molar-refractivity contribution in [2.75, 3.05) is 51.2 Å². The average molecular weight is 354 g/mol. The number of anilines is 1. The zero-order valence-electron chi connectivity index (χ0n) is 14.3. The van der Waals surface area contributed by atoms with Crippen molar-refractivity contribution < 1.29 is 4.79 Å². The van der Waals surface area contributed by atoms with Gasteiger partial charge in [-0.1, -0.05) is 6.07 Å². The molecule has 0 bridgehead atoms. The van der Waals surface area contributed by atoms with E-state index in [0.29, 0.717) is 6.54 Å². The van der Waals surface area contributed by atoms with E-state index in [9.17, 15) is 4.79 Å². The maximum atomic E-state index is 12.1. The van der Waals surface area contributed by atoms with Crippen LogP contribution in [0, 0.1) is 5.92 Å². The summed E-state index contributed by atoms with van der Waals surface area (Å²) in [7, 11) is 2.15. The van der Waals surface area contributed by atoms with E-state index in [1.807, 2.05) is 6.20 Å². The molecule has 6 nitrogen and oxygen atoms in total. The van der Waals surface area contributed by atoms with Crippen molar-refractivity contribution in [1.82, 2.24) is 20.5 Å². The number of piperazine rings is 1. The number of rotatable bonds is 4. The molecule has 134 valence electrons. The molecule has 0 unspecified atom stereocenters. The molecule has 24 heavy (non-hydrogen) atoms. The lowest BCUT2D eigenvalue weighted by molar-refractivity contribution is -0.125. The number of halogens is 1. The van der Waals surface area contributed by atoms with Crippen LogP contribution in [0.5, 0.6) is 0 Å². The van der Waals surface area contributed by atoms with Gasteiger partial charge in [0, 0.05) is 44.8 Å². The predicted molar refractivity (Wildman–Crippen MR) is 98.6 cm³/mol. The first-order valence-electron chi connectivity index (χ1n) is 8.59. The van der Waals surface area contributed by atoms with Gasteiger partial charge in [0.05, 0.1) is 0 Å². The topological polar surface area (TPSA) is 60.5 Å². The van der Waals surface area contributed by atoms with E-state index in [0.717, 1.165) is 63.5 Å².